The van der Waals surface area contributed by atoms with Gasteiger partial charge in [-0.3, -0.25) is 4.79 Å². The number of aromatic nitrogens is 1. The maximum atomic E-state index is 12.1. The number of hydrogen-bond donors (Lipinski definition) is 0. The number of ketones is 1. The van der Waals surface area contributed by atoms with Gasteiger partial charge in [0.2, 0.25) is 5.78 Å². The molecule has 2 rings (SSSR count). The van der Waals surface area contributed by atoms with E-state index in [0.717, 1.165) is 10.7 Å². The van der Waals surface area contributed by atoms with Gasteiger partial charge in [-0.2, -0.15) is 0 Å². The first-order chi connectivity index (χ1) is 7.09. The first-order valence-corrected chi connectivity index (χ1v) is 6.38. The summed E-state index contributed by atoms with van der Waals surface area (Å²) in [6.07, 6.45) is 0. The van der Waals surface area contributed by atoms with Gasteiger partial charge in [-0.1, -0.05) is 11.6 Å². The van der Waals surface area contributed by atoms with Crippen molar-refractivity contribution in [2.45, 2.75) is 13.8 Å². The molecular formula is C10H8ClNOS2. The van der Waals surface area contributed by atoms with Gasteiger partial charge in [-0.15, -0.1) is 22.7 Å². The molecule has 2 aromatic rings. The molecule has 2 heterocycles. The minimum Gasteiger partial charge on any atom is -0.287 e. The molecule has 0 bridgehead atoms. The van der Waals surface area contributed by atoms with E-state index in [1.54, 1.807) is 6.07 Å². The van der Waals surface area contributed by atoms with E-state index in [9.17, 15) is 4.79 Å². The van der Waals surface area contributed by atoms with Gasteiger partial charge in [0.05, 0.1) is 25.5 Å². The lowest BCUT2D eigenvalue weighted by Crippen LogP contribution is -1.98. The van der Waals surface area contributed by atoms with Crippen molar-refractivity contribution in [2.24, 2.45) is 0 Å². The molecule has 0 saturated carbocycles. The Bertz CT molecular complexity index is 515. The second-order valence-electron chi connectivity index (χ2n) is 3.07. The second kappa shape index (κ2) is 4.04. The van der Waals surface area contributed by atoms with E-state index in [-0.39, 0.29) is 5.78 Å². The third kappa shape index (κ3) is 1.97. The zero-order chi connectivity index (χ0) is 11.0. The molecule has 0 aromatic carbocycles. The number of thiazole rings is 1. The molecule has 0 unspecified atom stereocenters. The van der Waals surface area contributed by atoms with Gasteiger partial charge in [-0.25, -0.2) is 4.98 Å². The number of rotatable bonds is 2. The minimum absolute atomic E-state index is 0.0156. The van der Waals surface area contributed by atoms with Crippen LogP contribution >= 0.6 is 34.3 Å². The summed E-state index contributed by atoms with van der Waals surface area (Å²) in [5, 5.41) is 3.25. The monoisotopic (exact) mass is 257 g/mol. The Morgan fingerprint density at radius 3 is 2.60 bits per heavy atom. The van der Waals surface area contributed by atoms with Crippen LogP contribution in [0.15, 0.2) is 11.4 Å². The van der Waals surface area contributed by atoms with Crippen LogP contribution in [-0.2, 0) is 0 Å². The van der Waals surface area contributed by atoms with Gasteiger partial charge < -0.3 is 0 Å². The van der Waals surface area contributed by atoms with Crippen LogP contribution in [0.25, 0.3) is 0 Å². The molecule has 0 spiro atoms. The molecule has 0 radical (unpaired) electrons. The number of thiophene rings is 1. The quantitative estimate of drug-likeness (QED) is 0.768. The molecule has 2 nitrogen and oxygen atoms in total. The lowest BCUT2D eigenvalue weighted by atomic mass is 10.2. The Morgan fingerprint density at radius 2 is 2.13 bits per heavy atom. The SMILES string of the molecule is Cc1nc(C)c(C(=O)c2sccc2Cl)s1. The van der Waals surface area contributed by atoms with Crippen molar-refractivity contribution in [3.8, 4) is 0 Å². The van der Waals surface area contributed by atoms with Crippen LogP contribution in [0.5, 0.6) is 0 Å². The summed E-state index contributed by atoms with van der Waals surface area (Å²) in [6.45, 7) is 3.74. The van der Waals surface area contributed by atoms with Crippen LogP contribution in [0.1, 0.15) is 25.3 Å². The van der Waals surface area contributed by atoms with E-state index in [1.165, 1.54) is 22.7 Å². The fourth-order valence-corrected chi connectivity index (χ4v) is 3.32. The molecule has 2 aromatic heterocycles. The van der Waals surface area contributed by atoms with Crippen molar-refractivity contribution in [2.75, 3.05) is 0 Å². The second-order valence-corrected chi connectivity index (χ2v) is 5.60. The van der Waals surface area contributed by atoms with Crippen molar-refractivity contribution >= 4 is 40.1 Å². The zero-order valence-electron chi connectivity index (χ0n) is 8.20. The van der Waals surface area contributed by atoms with Gasteiger partial charge in [0, 0.05) is 0 Å². The lowest BCUT2D eigenvalue weighted by molar-refractivity contribution is 0.104. The highest BCUT2D eigenvalue weighted by atomic mass is 35.5. The summed E-state index contributed by atoms with van der Waals surface area (Å²) in [5.74, 6) is -0.0156. The molecule has 15 heavy (non-hydrogen) atoms. The Hall–Kier alpha value is -0.710. The fraction of sp³-hybridized carbons (Fsp3) is 0.200. The van der Waals surface area contributed by atoms with E-state index in [1.807, 2.05) is 19.2 Å². The number of carbonyl (C=O) groups excluding carboxylic acids is 1. The van der Waals surface area contributed by atoms with E-state index in [4.69, 9.17) is 11.6 Å². The number of halogens is 1. The predicted molar refractivity (Wildman–Crippen MR) is 64.3 cm³/mol. The highest BCUT2D eigenvalue weighted by Gasteiger charge is 2.19. The van der Waals surface area contributed by atoms with Crippen LogP contribution in [0.2, 0.25) is 5.02 Å². The largest absolute Gasteiger partial charge is 0.287 e. The zero-order valence-corrected chi connectivity index (χ0v) is 10.6. The maximum absolute atomic E-state index is 12.1. The Morgan fingerprint density at radius 1 is 1.40 bits per heavy atom. The van der Waals surface area contributed by atoms with Crippen LogP contribution < -0.4 is 0 Å². The first-order valence-electron chi connectivity index (χ1n) is 4.31. The average Bonchev–Trinajstić information content (AvgIpc) is 2.71. The molecule has 0 fully saturated rings. The molecule has 0 saturated heterocycles. The standard InChI is InChI=1S/C10H8ClNOS2/c1-5-9(15-6(2)12-5)8(13)10-7(11)3-4-14-10/h3-4H,1-2H3. The first kappa shape index (κ1) is 10.8. The van der Waals surface area contributed by atoms with E-state index < -0.39 is 0 Å². The normalized spacial score (nSPS) is 10.6. The highest BCUT2D eigenvalue weighted by Crippen LogP contribution is 2.28. The van der Waals surface area contributed by atoms with Crippen molar-refractivity contribution in [3.63, 3.8) is 0 Å². The van der Waals surface area contributed by atoms with Crippen molar-refractivity contribution in [1.82, 2.24) is 4.98 Å². The highest BCUT2D eigenvalue weighted by molar-refractivity contribution is 7.17. The van der Waals surface area contributed by atoms with Crippen molar-refractivity contribution < 1.29 is 4.79 Å². The van der Waals surface area contributed by atoms with Gasteiger partial charge in [-0.05, 0) is 25.3 Å². The van der Waals surface area contributed by atoms with Crippen LogP contribution in [-0.4, -0.2) is 10.8 Å². The van der Waals surface area contributed by atoms with Crippen LogP contribution in [0.3, 0.4) is 0 Å². The van der Waals surface area contributed by atoms with Gasteiger partial charge >= 0.3 is 0 Å². The molecule has 0 amide bonds. The minimum atomic E-state index is -0.0156. The summed E-state index contributed by atoms with van der Waals surface area (Å²) < 4.78 is 0. The average molecular weight is 258 g/mol. The van der Waals surface area contributed by atoms with Crippen LogP contribution in [0, 0.1) is 13.8 Å². The molecule has 78 valence electrons. The topological polar surface area (TPSA) is 30.0 Å². The summed E-state index contributed by atoms with van der Waals surface area (Å²) in [7, 11) is 0. The number of aryl methyl sites for hydroxylation is 2. The Labute approximate surface area is 101 Å². The fourth-order valence-electron chi connectivity index (χ4n) is 1.30. The predicted octanol–water partition coefficient (Wildman–Crippen LogP) is 3.71. The van der Waals surface area contributed by atoms with Gasteiger partial charge in [0.1, 0.15) is 0 Å². The van der Waals surface area contributed by atoms with Crippen molar-refractivity contribution in [3.05, 3.63) is 36.9 Å². The molecule has 0 aliphatic heterocycles. The van der Waals surface area contributed by atoms with E-state index >= 15 is 0 Å². The third-order valence-electron chi connectivity index (χ3n) is 1.93. The third-order valence-corrected chi connectivity index (χ3v) is 4.34. The number of hydrogen-bond acceptors (Lipinski definition) is 4. The molecule has 0 atom stereocenters. The molecule has 5 heteroatoms. The van der Waals surface area contributed by atoms with E-state index in [0.29, 0.717) is 14.8 Å². The summed E-state index contributed by atoms with van der Waals surface area (Å²) >= 11 is 8.70. The maximum Gasteiger partial charge on any atom is 0.216 e. The van der Waals surface area contributed by atoms with Gasteiger partial charge in [0.25, 0.3) is 0 Å². The number of carbonyl (C=O) groups is 1. The van der Waals surface area contributed by atoms with E-state index in [2.05, 4.69) is 4.98 Å². The summed E-state index contributed by atoms with van der Waals surface area (Å²) in [4.78, 5) is 17.6. The van der Waals surface area contributed by atoms with Crippen LogP contribution in [0.4, 0.5) is 0 Å². The molecular weight excluding hydrogens is 250 g/mol. The molecule has 0 aliphatic rings. The summed E-state index contributed by atoms with van der Waals surface area (Å²) in [6, 6.07) is 1.74. The smallest absolute Gasteiger partial charge is 0.216 e. The molecule has 0 N–H and O–H groups in total. The lowest BCUT2D eigenvalue weighted by Gasteiger charge is -1.95. The molecule has 0 aliphatic carbocycles. The van der Waals surface area contributed by atoms with Crippen molar-refractivity contribution in [1.29, 1.82) is 0 Å². The van der Waals surface area contributed by atoms with Gasteiger partial charge in [0.15, 0.2) is 0 Å². The Balaban J connectivity index is 2.45. The summed E-state index contributed by atoms with van der Waals surface area (Å²) in [5.41, 5.74) is 0.784. The Kier molecular flexibility index (Phi) is 2.91. The number of nitrogens with zero attached hydrogens (tertiary/aromatic N) is 1.